The van der Waals surface area contributed by atoms with Crippen molar-refractivity contribution in [1.29, 1.82) is 0 Å². The van der Waals surface area contributed by atoms with Gasteiger partial charge in [0, 0.05) is 19.0 Å². The summed E-state index contributed by atoms with van der Waals surface area (Å²) in [6.07, 6.45) is 0. The molecule has 2 heteroatoms. The molecule has 0 aromatic heterocycles. The fourth-order valence-electron chi connectivity index (χ4n) is 2.99. The highest BCUT2D eigenvalue weighted by Crippen LogP contribution is 2.51. The van der Waals surface area contributed by atoms with Crippen LogP contribution in [0.4, 0.5) is 0 Å². The van der Waals surface area contributed by atoms with Crippen LogP contribution < -0.4 is 0 Å². The van der Waals surface area contributed by atoms with Gasteiger partial charge in [0.15, 0.2) is 0 Å². The van der Waals surface area contributed by atoms with Crippen LogP contribution in [0.3, 0.4) is 0 Å². The molecule has 1 heterocycles. The van der Waals surface area contributed by atoms with E-state index >= 15 is 0 Å². The number of hydrogen-bond donors (Lipinski definition) is 0. The summed E-state index contributed by atoms with van der Waals surface area (Å²) in [7, 11) is 0. The molecule has 1 amide bonds. The van der Waals surface area contributed by atoms with E-state index in [1.165, 1.54) is 0 Å². The van der Waals surface area contributed by atoms with Crippen molar-refractivity contribution in [2.45, 2.75) is 27.7 Å². The first kappa shape index (κ1) is 10.0. The maximum atomic E-state index is 12.0. The third-order valence-corrected chi connectivity index (χ3v) is 3.88. The van der Waals surface area contributed by atoms with Gasteiger partial charge in [-0.3, -0.25) is 4.79 Å². The second kappa shape index (κ2) is 3.25. The molecule has 1 aliphatic heterocycles. The Labute approximate surface area is 86.7 Å². The zero-order valence-corrected chi connectivity index (χ0v) is 9.66. The van der Waals surface area contributed by atoms with Crippen molar-refractivity contribution < 1.29 is 4.79 Å². The van der Waals surface area contributed by atoms with E-state index in [0.717, 1.165) is 19.0 Å². The molecule has 1 saturated heterocycles. The summed E-state index contributed by atoms with van der Waals surface area (Å²) in [5, 5.41) is 0. The zero-order chi connectivity index (χ0) is 10.5. The summed E-state index contributed by atoms with van der Waals surface area (Å²) < 4.78 is 0. The summed E-state index contributed by atoms with van der Waals surface area (Å²) in [6.45, 7) is 10.9. The Hall–Kier alpha value is -0.530. The third kappa shape index (κ3) is 1.45. The largest absolute Gasteiger partial charge is 0.342 e. The quantitative estimate of drug-likeness (QED) is 0.660. The first-order valence-electron chi connectivity index (χ1n) is 5.81. The molecule has 80 valence electrons. The van der Waals surface area contributed by atoms with E-state index in [1.807, 2.05) is 4.90 Å². The molecular formula is C12H21NO. The summed E-state index contributed by atoms with van der Waals surface area (Å²) >= 11 is 0. The van der Waals surface area contributed by atoms with Gasteiger partial charge in [0.1, 0.15) is 0 Å². The first-order chi connectivity index (χ1) is 6.52. The highest BCUT2D eigenvalue weighted by atomic mass is 16.2. The Kier molecular flexibility index (Phi) is 2.32. The first-order valence-corrected chi connectivity index (χ1v) is 5.81. The molecule has 3 unspecified atom stereocenters. The molecule has 2 nitrogen and oxygen atoms in total. The molecule has 3 atom stereocenters. The summed E-state index contributed by atoms with van der Waals surface area (Å²) in [5.41, 5.74) is 0. The van der Waals surface area contributed by atoms with E-state index in [2.05, 4.69) is 27.7 Å². The van der Waals surface area contributed by atoms with Gasteiger partial charge in [-0.25, -0.2) is 0 Å². The average molecular weight is 195 g/mol. The Morgan fingerprint density at radius 1 is 1.29 bits per heavy atom. The predicted molar refractivity (Wildman–Crippen MR) is 56.7 cm³/mol. The van der Waals surface area contributed by atoms with Gasteiger partial charge < -0.3 is 4.90 Å². The van der Waals surface area contributed by atoms with Crippen LogP contribution >= 0.6 is 0 Å². The van der Waals surface area contributed by atoms with Crippen molar-refractivity contribution in [2.75, 3.05) is 13.1 Å². The van der Waals surface area contributed by atoms with Gasteiger partial charge in [-0.1, -0.05) is 27.7 Å². The van der Waals surface area contributed by atoms with Crippen molar-refractivity contribution in [3.63, 3.8) is 0 Å². The van der Waals surface area contributed by atoms with Crippen molar-refractivity contribution in [3.05, 3.63) is 0 Å². The molecule has 14 heavy (non-hydrogen) atoms. The summed E-state index contributed by atoms with van der Waals surface area (Å²) in [6, 6.07) is 0. The molecule has 0 bridgehead atoms. The maximum Gasteiger partial charge on any atom is 0.226 e. The highest BCUT2D eigenvalue weighted by molar-refractivity contribution is 5.83. The smallest absolute Gasteiger partial charge is 0.226 e. The number of hydrogen-bond acceptors (Lipinski definition) is 1. The number of carbonyl (C=O) groups excluding carboxylic acids is 1. The Bertz CT molecular complexity index is 243. The van der Waals surface area contributed by atoms with Gasteiger partial charge in [0.05, 0.1) is 0 Å². The average Bonchev–Trinajstić information content (AvgIpc) is 2.70. The van der Waals surface area contributed by atoms with Crippen molar-refractivity contribution in [3.8, 4) is 0 Å². The molecule has 0 aromatic rings. The van der Waals surface area contributed by atoms with Crippen LogP contribution in [0.1, 0.15) is 27.7 Å². The van der Waals surface area contributed by atoms with Gasteiger partial charge in [-0.2, -0.15) is 0 Å². The van der Waals surface area contributed by atoms with Crippen LogP contribution in [0.15, 0.2) is 0 Å². The molecule has 2 aliphatic rings. The summed E-state index contributed by atoms with van der Waals surface area (Å²) in [5.74, 6) is 3.44. The normalized spacial score (nSPS) is 37.2. The van der Waals surface area contributed by atoms with E-state index in [0.29, 0.717) is 29.6 Å². The van der Waals surface area contributed by atoms with Gasteiger partial charge in [0.2, 0.25) is 5.91 Å². The fraction of sp³-hybridized carbons (Fsp3) is 0.917. The molecule has 1 aliphatic carbocycles. The predicted octanol–water partition coefficient (Wildman–Crippen LogP) is 2.00. The Balaban J connectivity index is 1.89. The number of nitrogens with zero attached hydrogens (tertiary/aromatic N) is 1. The minimum absolute atomic E-state index is 0.350. The van der Waals surface area contributed by atoms with Crippen LogP contribution in [0.2, 0.25) is 0 Å². The van der Waals surface area contributed by atoms with E-state index < -0.39 is 0 Å². The molecular weight excluding hydrogens is 174 g/mol. The van der Waals surface area contributed by atoms with Crippen molar-refractivity contribution in [1.82, 2.24) is 4.90 Å². The SMILES string of the molecule is CC1CN(C(=O)C2C(C)C2C(C)C)C1. The van der Waals surface area contributed by atoms with Gasteiger partial charge in [0.25, 0.3) is 0 Å². The molecule has 0 radical (unpaired) electrons. The second-order valence-electron chi connectivity index (χ2n) is 5.55. The lowest BCUT2D eigenvalue weighted by atomic mass is 10.0. The van der Waals surface area contributed by atoms with E-state index in [9.17, 15) is 4.79 Å². The van der Waals surface area contributed by atoms with E-state index in [-0.39, 0.29) is 0 Å². The van der Waals surface area contributed by atoms with Crippen molar-refractivity contribution in [2.24, 2.45) is 29.6 Å². The van der Waals surface area contributed by atoms with E-state index in [1.54, 1.807) is 0 Å². The number of rotatable bonds is 2. The van der Waals surface area contributed by atoms with Crippen LogP contribution in [0.25, 0.3) is 0 Å². The lowest BCUT2D eigenvalue weighted by molar-refractivity contribution is -0.139. The maximum absolute atomic E-state index is 12.0. The number of amides is 1. The van der Waals surface area contributed by atoms with E-state index in [4.69, 9.17) is 0 Å². The number of carbonyl (C=O) groups is 1. The van der Waals surface area contributed by atoms with Gasteiger partial charge in [-0.15, -0.1) is 0 Å². The summed E-state index contributed by atoms with van der Waals surface area (Å²) in [4.78, 5) is 14.0. The Morgan fingerprint density at radius 3 is 2.21 bits per heavy atom. The monoisotopic (exact) mass is 195 g/mol. The van der Waals surface area contributed by atoms with Crippen LogP contribution in [0, 0.1) is 29.6 Å². The van der Waals surface area contributed by atoms with Crippen LogP contribution in [-0.4, -0.2) is 23.9 Å². The molecule has 0 aromatic carbocycles. The Morgan fingerprint density at radius 2 is 1.86 bits per heavy atom. The van der Waals surface area contributed by atoms with Gasteiger partial charge in [-0.05, 0) is 23.7 Å². The molecule has 2 rings (SSSR count). The minimum atomic E-state index is 0.350. The standard InChI is InChI=1S/C12H21NO/c1-7(2)10-9(4)11(10)12(14)13-5-8(3)6-13/h7-11H,5-6H2,1-4H3. The molecule has 1 saturated carbocycles. The van der Waals surface area contributed by atoms with Crippen molar-refractivity contribution >= 4 is 5.91 Å². The zero-order valence-electron chi connectivity index (χ0n) is 9.66. The highest BCUT2D eigenvalue weighted by Gasteiger charge is 2.54. The minimum Gasteiger partial charge on any atom is -0.342 e. The van der Waals surface area contributed by atoms with Crippen LogP contribution in [0.5, 0.6) is 0 Å². The molecule has 2 fully saturated rings. The lowest BCUT2D eigenvalue weighted by Crippen LogP contribution is -2.49. The lowest BCUT2D eigenvalue weighted by Gasteiger charge is -2.37. The fourth-order valence-corrected chi connectivity index (χ4v) is 2.99. The van der Waals surface area contributed by atoms with Gasteiger partial charge >= 0.3 is 0 Å². The topological polar surface area (TPSA) is 20.3 Å². The third-order valence-electron chi connectivity index (χ3n) is 3.88. The second-order valence-corrected chi connectivity index (χ2v) is 5.55. The molecule has 0 spiro atoms. The number of likely N-dealkylation sites (tertiary alicyclic amines) is 1. The van der Waals surface area contributed by atoms with Crippen LogP contribution in [-0.2, 0) is 4.79 Å². The molecule has 0 N–H and O–H groups in total.